The number of hydrogen-bond acceptors (Lipinski definition) is 2. The molecule has 0 unspecified atom stereocenters. The highest BCUT2D eigenvalue weighted by Crippen LogP contribution is 2.39. The molecule has 5 rings (SSSR count). The zero-order chi connectivity index (χ0) is 22.8. The Labute approximate surface area is 193 Å². The fourth-order valence-electron chi connectivity index (χ4n) is 5.44. The molecular weight excluding hydrogens is 418 g/mol. The molecule has 0 saturated carbocycles. The lowest BCUT2D eigenvalue weighted by Crippen LogP contribution is -2.49. The van der Waals surface area contributed by atoms with Gasteiger partial charge in [-0.15, -0.1) is 0 Å². The van der Waals surface area contributed by atoms with Gasteiger partial charge in [-0.05, 0) is 79.3 Å². The van der Waals surface area contributed by atoms with Crippen molar-refractivity contribution < 1.29 is 13.6 Å². The van der Waals surface area contributed by atoms with E-state index in [-0.39, 0.29) is 29.0 Å². The fraction of sp³-hybridized carbons (Fsp3) is 0.321. The number of rotatable bonds is 6. The summed E-state index contributed by atoms with van der Waals surface area (Å²) < 4.78 is 26.9. The van der Waals surface area contributed by atoms with E-state index in [1.54, 1.807) is 0 Å². The second-order valence-electron chi connectivity index (χ2n) is 9.22. The van der Waals surface area contributed by atoms with Crippen molar-refractivity contribution in [2.75, 3.05) is 19.6 Å². The summed E-state index contributed by atoms with van der Waals surface area (Å²) in [5.74, 6) is -0.359. The van der Waals surface area contributed by atoms with E-state index in [2.05, 4.69) is 16.3 Å². The summed E-state index contributed by atoms with van der Waals surface area (Å²) >= 11 is 0. The largest absolute Gasteiger partial charge is 0.342 e. The molecule has 1 fully saturated rings. The van der Waals surface area contributed by atoms with E-state index in [0.29, 0.717) is 0 Å². The van der Waals surface area contributed by atoms with Gasteiger partial charge in [-0.3, -0.25) is 4.79 Å². The first-order valence-corrected chi connectivity index (χ1v) is 11.7. The number of likely N-dealkylation sites (tertiary alicyclic amines) is 1. The Hall–Kier alpha value is -3.05. The van der Waals surface area contributed by atoms with Crippen LogP contribution in [0, 0.1) is 11.6 Å². The smallest absolute Gasteiger partial charge is 0.252 e. The van der Waals surface area contributed by atoms with Gasteiger partial charge in [0.1, 0.15) is 11.6 Å². The monoisotopic (exact) mass is 446 g/mol. The second kappa shape index (κ2) is 9.06. The van der Waals surface area contributed by atoms with Crippen molar-refractivity contribution >= 4 is 5.91 Å². The van der Waals surface area contributed by atoms with Crippen molar-refractivity contribution in [3.63, 3.8) is 0 Å². The van der Waals surface area contributed by atoms with E-state index >= 15 is 0 Å². The summed E-state index contributed by atoms with van der Waals surface area (Å²) in [6.07, 6.45) is 3.71. The van der Waals surface area contributed by atoms with E-state index in [1.165, 1.54) is 24.3 Å². The summed E-state index contributed by atoms with van der Waals surface area (Å²) in [4.78, 5) is 14.9. The normalized spacial score (nSPS) is 17.4. The molecule has 3 aromatic rings. The number of fused-ring (bicyclic) bond motifs is 2. The summed E-state index contributed by atoms with van der Waals surface area (Å²) in [5.41, 5.74) is 3.82. The molecule has 0 atom stereocenters. The van der Waals surface area contributed by atoms with Crippen molar-refractivity contribution in [3.05, 3.63) is 107 Å². The molecule has 2 aliphatic heterocycles. The highest BCUT2D eigenvalue weighted by molar-refractivity contribution is 6.00. The van der Waals surface area contributed by atoms with Crippen LogP contribution in [0.4, 0.5) is 8.78 Å². The SMILES string of the molecule is O=C1NC2(CCN(CCCC(c3ccc(F)cc3)c3ccc(F)cc3)CC2)c2ccccc21. The van der Waals surface area contributed by atoms with Gasteiger partial charge < -0.3 is 10.2 Å². The van der Waals surface area contributed by atoms with Gasteiger partial charge in [0.2, 0.25) is 0 Å². The Morgan fingerprint density at radius 2 is 1.42 bits per heavy atom. The molecule has 0 aromatic heterocycles. The Kier molecular flexibility index (Phi) is 5.98. The van der Waals surface area contributed by atoms with Gasteiger partial charge in [-0.25, -0.2) is 8.78 Å². The first kappa shape index (κ1) is 21.8. The maximum atomic E-state index is 13.5. The Bertz CT molecular complexity index is 1070. The molecule has 0 radical (unpaired) electrons. The molecular formula is C28H28F2N2O. The summed E-state index contributed by atoms with van der Waals surface area (Å²) in [6, 6.07) is 21.2. The summed E-state index contributed by atoms with van der Waals surface area (Å²) in [5, 5.41) is 3.25. The van der Waals surface area contributed by atoms with Crippen LogP contribution in [0.15, 0.2) is 72.8 Å². The Morgan fingerprint density at radius 1 is 0.848 bits per heavy atom. The van der Waals surface area contributed by atoms with Gasteiger partial charge in [-0.2, -0.15) is 0 Å². The van der Waals surface area contributed by atoms with Crippen LogP contribution in [0.5, 0.6) is 0 Å². The summed E-state index contributed by atoms with van der Waals surface area (Å²) in [6.45, 7) is 2.84. The lowest BCUT2D eigenvalue weighted by Gasteiger charge is -2.40. The second-order valence-corrected chi connectivity index (χ2v) is 9.22. The van der Waals surface area contributed by atoms with E-state index in [0.717, 1.165) is 67.6 Å². The van der Waals surface area contributed by atoms with Crippen LogP contribution < -0.4 is 5.32 Å². The molecule has 3 aromatic carbocycles. The van der Waals surface area contributed by atoms with Crippen LogP contribution in [0.2, 0.25) is 0 Å². The van der Waals surface area contributed by atoms with E-state index in [9.17, 15) is 13.6 Å². The fourth-order valence-corrected chi connectivity index (χ4v) is 5.44. The first-order chi connectivity index (χ1) is 16.0. The highest BCUT2D eigenvalue weighted by Gasteiger charge is 2.44. The molecule has 2 heterocycles. The minimum atomic E-state index is -0.251. The maximum Gasteiger partial charge on any atom is 0.252 e. The molecule has 170 valence electrons. The molecule has 0 bridgehead atoms. The van der Waals surface area contributed by atoms with Crippen LogP contribution in [0.25, 0.3) is 0 Å². The molecule has 2 aliphatic rings. The lowest BCUT2D eigenvalue weighted by atomic mass is 9.81. The lowest BCUT2D eigenvalue weighted by molar-refractivity contribution is 0.0861. The molecule has 33 heavy (non-hydrogen) atoms. The van der Waals surface area contributed by atoms with Gasteiger partial charge in [0.15, 0.2) is 0 Å². The maximum absolute atomic E-state index is 13.5. The topological polar surface area (TPSA) is 32.3 Å². The van der Waals surface area contributed by atoms with Crippen LogP contribution in [0.3, 0.4) is 0 Å². The summed E-state index contributed by atoms with van der Waals surface area (Å²) in [7, 11) is 0. The van der Waals surface area contributed by atoms with Gasteiger partial charge in [-0.1, -0.05) is 42.5 Å². The van der Waals surface area contributed by atoms with Crippen molar-refractivity contribution in [3.8, 4) is 0 Å². The van der Waals surface area contributed by atoms with Gasteiger partial charge in [0.25, 0.3) is 5.91 Å². The zero-order valence-electron chi connectivity index (χ0n) is 18.6. The highest BCUT2D eigenvalue weighted by atomic mass is 19.1. The van der Waals surface area contributed by atoms with Gasteiger partial charge >= 0.3 is 0 Å². The molecule has 1 spiro atoms. The number of benzene rings is 3. The van der Waals surface area contributed by atoms with Crippen molar-refractivity contribution in [1.29, 1.82) is 0 Å². The predicted molar refractivity (Wildman–Crippen MR) is 125 cm³/mol. The average Bonchev–Trinajstić information content (AvgIpc) is 3.11. The van der Waals surface area contributed by atoms with Crippen LogP contribution in [-0.4, -0.2) is 30.4 Å². The Balaban J connectivity index is 1.22. The number of hydrogen-bond donors (Lipinski definition) is 1. The number of piperidine rings is 1. The zero-order valence-corrected chi connectivity index (χ0v) is 18.6. The number of carbonyl (C=O) groups is 1. The molecule has 1 N–H and O–H groups in total. The number of nitrogens with one attached hydrogen (secondary N) is 1. The average molecular weight is 447 g/mol. The minimum absolute atomic E-state index is 0.0421. The third-order valence-corrected chi connectivity index (χ3v) is 7.26. The number of nitrogens with zero attached hydrogens (tertiary/aromatic N) is 1. The Morgan fingerprint density at radius 3 is 2.03 bits per heavy atom. The standard InChI is InChI=1S/C28H28F2N2O/c29-22-11-7-20(8-12-22)24(21-9-13-23(30)14-10-21)5-3-17-32-18-15-28(16-19-32)26-6-2-1-4-25(26)27(33)31-28/h1-2,4,6-14,24H,3,5,15-19H2,(H,31,33). The quantitative estimate of drug-likeness (QED) is 0.534. The third kappa shape index (κ3) is 4.42. The van der Waals surface area contributed by atoms with Crippen molar-refractivity contribution in [2.45, 2.75) is 37.1 Å². The minimum Gasteiger partial charge on any atom is -0.342 e. The number of halogens is 2. The van der Waals surface area contributed by atoms with E-state index in [1.807, 2.05) is 42.5 Å². The number of carbonyl (C=O) groups excluding carboxylic acids is 1. The van der Waals surface area contributed by atoms with Crippen LogP contribution >= 0.6 is 0 Å². The first-order valence-electron chi connectivity index (χ1n) is 11.7. The van der Waals surface area contributed by atoms with Crippen LogP contribution in [-0.2, 0) is 5.54 Å². The van der Waals surface area contributed by atoms with E-state index in [4.69, 9.17) is 0 Å². The molecule has 1 saturated heterocycles. The number of amides is 1. The molecule has 1 amide bonds. The van der Waals surface area contributed by atoms with Crippen LogP contribution in [0.1, 0.15) is 58.6 Å². The molecule has 3 nitrogen and oxygen atoms in total. The van der Waals surface area contributed by atoms with Crippen molar-refractivity contribution in [1.82, 2.24) is 10.2 Å². The predicted octanol–water partition coefficient (Wildman–Crippen LogP) is 5.61. The van der Waals surface area contributed by atoms with Crippen molar-refractivity contribution in [2.24, 2.45) is 0 Å². The van der Waals surface area contributed by atoms with E-state index < -0.39 is 0 Å². The molecule has 5 heteroatoms. The van der Waals surface area contributed by atoms with Gasteiger partial charge in [0.05, 0.1) is 5.54 Å². The van der Waals surface area contributed by atoms with Gasteiger partial charge in [0, 0.05) is 24.6 Å². The molecule has 0 aliphatic carbocycles. The third-order valence-electron chi connectivity index (χ3n) is 7.26.